The molecule has 28 heavy (non-hydrogen) atoms. The van der Waals surface area contributed by atoms with Crippen LogP contribution in [-0.4, -0.2) is 34.4 Å². The van der Waals surface area contributed by atoms with Crippen molar-refractivity contribution in [2.45, 2.75) is 12.1 Å². The van der Waals surface area contributed by atoms with Crippen molar-refractivity contribution in [3.05, 3.63) is 58.6 Å². The minimum Gasteiger partial charge on any atom is -0.462 e. The van der Waals surface area contributed by atoms with Crippen molar-refractivity contribution in [1.82, 2.24) is 10.2 Å². The number of esters is 1. The molecule has 0 saturated heterocycles. The number of anilines is 1. The minimum atomic E-state index is -0.485. The monoisotopic (exact) mass is 461 g/mol. The van der Waals surface area contributed by atoms with E-state index in [9.17, 15) is 9.59 Å². The van der Waals surface area contributed by atoms with E-state index in [1.165, 1.54) is 0 Å². The summed E-state index contributed by atoms with van der Waals surface area (Å²) in [5.74, 6) is -0.374. The lowest BCUT2D eigenvalue weighted by Crippen LogP contribution is -2.17. The Balaban J connectivity index is 1.62. The van der Waals surface area contributed by atoms with E-state index in [2.05, 4.69) is 31.4 Å². The fourth-order valence-corrected chi connectivity index (χ4v) is 3.32. The van der Waals surface area contributed by atoms with Crippen LogP contribution in [0.2, 0.25) is 0 Å². The predicted octanol–water partition coefficient (Wildman–Crippen LogP) is 4.41. The third-order valence-electron chi connectivity index (χ3n) is 3.53. The number of aromatic nitrogens is 2. The Hall–Kier alpha value is -2.65. The number of hydrogen-bond donors (Lipinski definition) is 1. The first-order chi connectivity index (χ1) is 13.6. The van der Waals surface area contributed by atoms with E-state index in [0.717, 1.165) is 21.8 Å². The maximum absolute atomic E-state index is 12.3. The van der Waals surface area contributed by atoms with Gasteiger partial charge in [-0.2, -0.15) is 0 Å². The standard InChI is InChI=1S/C19H16BrN3O4S/c1-2-26-18(25)13-8-4-6-10-15(13)21-16(24)11-28-19-23-22-17(27-19)12-7-3-5-9-14(12)20/h3-10H,2,11H2,1H3,(H,21,24). The summed E-state index contributed by atoms with van der Waals surface area (Å²) in [6.45, 7) is 1.98. The molecular weight excluding hydrogens is 446 g/mol. The second-order valence-corrected chi connectivity index (χ2v) is 7.24. The molecule has 0 fully saturated rings. The molecule has 1 amide bonds. The summed E-state index contributed by atoms with van der Waals surface area (Å²) in [6.07, 6.45) is 0. The van der Waals surface area contributed by atoms with Crippen molar-refractivity contribution in [3.63, 3.8) is 0 Å². The third kappa shape index (κ3) is 4.99. The SMILES string of the molecule is CCOC(=O)c1ccccc1NC(=O)CSc1nnc(-c2ccccc2Br)o1. The minimum absolute atomic E-state index is 0.0503. The molecule has 0 atom stereocenters. The van der Waals surface area contributed by atoms with Crippen LogP contribution in [0.4, 0.5) is 5.69 Å². The van der Waals surface area contributed by atoms with E-state index < -0.39 is 5.97 Å². The fourth-order valence-electron chi connectivity index (χ4n) is 2.30. The zero-order valence-corrected chi connectivity index (χ0v) is 17.2. The molecule has 3 rings (SSSR count). The lowest BCUT2D eigenvalue weighted by atomic mass is 10.2. The van der Waals surface area contributed by atoms with E-state index in [-0.39, 0.29) is 23.5 Å². The summed E-state index contributed by atoms with van der Waals surface area (Å²) < 4.78 is 11.4. The van der Waals surface area contributed by atoms with Gasteiger partial charge in [0.2, 0.25) is 11.8 Å². The summed E-state index contributed by atoms with van der Waals surface area (Å²) >= 11 is 4.54. The van der Waals surface area contributed by atoms with E-state index in [0.29, 0.717) is 17.1 Å². The molecule has 1 aromatic heterocycles. The number of ether oxygens (including phenoxy) is 1. The molecule has 0 saturated carbocycles. The van der Waals surface area contributed by atoms with Crippen molar-refractivity contribution >= 4 is 45.3 Å². The van der Waals surface area contributed by atoms with Crippen molar-refractivity contribution in [1.29, 1.82) is 0 Å². The predicted molar refractivity (Wildman–Crippen MR) is 109 cm³/mol. The number of nitrogens with one attached hydrogen (secondary N) is 1. The molecule has 0 radical (unpaired) electrons. The molecule has 0 aliphatic rings. The van der Waals surface area contributed by atoms with Gasteiger partial charge in [0.25, 0.3) is 5.22 Å². The van der Waals surface area contributed by atoms with Crippen LogP contribution in [-0.2, 0) is 9.53 Å². The van der Waals surface area contributed by atoms with Gasteiger partial charge in [-0.15, -0.1) is 10.2 Å². The van der Waals surface area contributed by atoms with Gasteiger partial charge in [-0.05, 0) is 47.1 Å². The topological polar surface area (TPSA) is 94.3 Å². The molecule has 1 N–H and O–H groups in total. The van der Waals surface area contributed by atoms with Gasteiger partial charge in [-0.25, -0.2) is 4.79 Å². The van der Waals surface area contributed by atoms with E-state index in [1.54, 1.807) is 31.2 Å². The molecule has 0 aliphatic carbocycles. The highest BCUT2D eigenvalue weighted by atomic mass is 79.9. The number of rotatable bonds is 7. The van der Waals surface area contributed by atoms with Gasteiger partial charge in [0.05, 0.1) is 29.2 Å². The highest BCUT2D eigenvalue weighted by Gasteiger charge is 2.16. The molecule has 0 unspecified atom stereocenters. The van der Waals surface area contributed by atoms with E-state index in [1.807, 2.05) is 24.3 Å². The number of para-hydroxylation sites is 1. The van der Waals surface area contributed by atoms with Gasteiger partial charge in [0.1, 0.15) is 0 Å². The molecule has 0 spiro atoms. The van der Waals surface area contributed by atoms with Crippen molar-refractivity contribution in [2.24, 2.45) is 0 Å². The number of amides is 1. The fraction of sp³-hybridized carbons (Fsp3) is 0.158. The Labute approximate surface area is 174 Å². The Kier molecular flexibility index (Phi) is 6.83. The van der Waals surface area contributed by atoms with Gasteiger partial charge in [0.15, 0.2) is 0 Å². The lowest BCUT2D eigenvalue weighted by Gasteiger charge is -2.09. The van der Waals surface area contributed by atoms with Crippen LogP contribution in [0.3, 0.4) is 0 Å². The number of halogens is 1. The van der Waals surface area contributed by atoms with Crippen molar-refractivity contribution in [2.75, 3.05) is 17.7 Å². The van der Waals surface area contributed by atoms with Gasteiger partial charge in [-0.3, -0.25) is 4.79 Å². The maximum Gasteiger partial charge on any atom is 0.340 e. The van der Waals surface area contributed by atoms with Crippen LogP contribution in [0, 0.1) is 0 Å². The second kappa shape index (κ2) is 9.52. The Bertz CT molecular complexity index is 993. The van der Waals surface area contributed by atoms with Crippen molar-refractivity contribution < 1.29 is 18.7 Å². The lowest BCUT2D eigenvalue weighted by molar-refractivity contribution is -0.113. The molecule has 0 aliphatic heterocycles. The summed E-state index contributed by atoms with van der Waals surface area (Å²) in [7, 11) is 0. The summed E-state index contributed by atoms with van der Waals surface area (Å²) in [5.41, 5.74) is 1.47. The molecule has 0 bridgehead atoms. The van der Waals surface area contributed by atoms with E-state index in [4.69, 9.17) is 9.15 Å². The number of carbonyl (C=O) groups is 2. The van der Waals surface area contributed by atoms with Crippen LogP contribution in [0.1, 0.15) is 17.3 Å². The summed E-state index contributed by atoms with van der Waals surface area (Å²) in [5, 5.41) is 10.9. The third-order valence-corrected chi connectivity index (χ3v) is 5.04. The number of thioether (sulfide) groups is 1. The van der Waals surface area contributed by atoms with Crippen LogP contribution < -0.4 is 5.32 Å². The number of nitrogens with zero attached hydrogens (tertiary/aromatic N) is 2. The highest BCUT2D eigenvalue weighted by Crippen LogP contribution is 2.29. The zero-order chi connectivity index (χ0) is 19.9. The maximum atomic E-state index is 12.3. The van der Waals surface area contributed by atoms with Crippen LogP contribution in [0.25, 0.3) is 11.5 Å². The highest BCUT2D eigenvalue weighted by molar-refractivity contribution is 9.10. The molecule has 7 nitrogen and oxygen atoms in total. The van der Waals surface area contributed by atoms with Crippen molar-refractivity contribution in [3.8, 4) is 11.5 Å². The molecule has 2 aromatic carbocycles. The van der Waals surface area contributed by atoms with Crippen LogP contribution in [0.15, 0.2) is 62.6 Å². The van der Waals surface area contributed by atoms with Crippen LogP contribution >= 0.6 is 27.7 Å². The number of carbonyl (C=O) groups excluding carboxylic acids is 2. The first-order valence-corrected chi connectivity index (χ1v) is 10.1. The van der Waals surface area contributed by atoms with Gasteiger partial charge in [0, 0.05) is 4.47 Å². The second-order valence-electron chi connectivity index (χ2n) is 5.46. The zero-order valence-electron chi connectivity index (χ0n) is 14.8. The first kappa shape index (κ1) is 20.1. The number of hydrogen-bond acceptors (Lipinski definition) is 7. The molecule has 9 heteroatoms. The summed E-state index contributed by atoms with van der Waals surface area (Å²) in [6, 6.07) is 14.2. The first-order valence-electron chi connectivity index (χ1n) is 8.35. The largest absolute Gasteiger partial charge is 0.462 e. The average Bonchev–Trinajstić information content (AvgIpc) is 3.16. The molecule has 1 heterocycles. The van der Waals surface area contributed by atoms with Gasteiger partial charge >= 0.3 is 5.97 Å². The Morgan fingerprint density at radius 2 is 1.89 bits per heavy atom. The normalized spacial score (nSPS) is 10.5. The van der Waals surface area contributed by atoms with Gasteiger partial charge in [-0.1, -0.05) is 36.0 Å². The number of benzene rings is 2. The Morgan fingerprint density at radius 3 is 2.68 bits per heavy atom. The van der Waals surface area contributed by atoms with Gasteiger partial charge < -0.3 is 14.5 Å². The average molecular weight is 462 g/mol. The quantitative estimate of drug-likeness (QED) is 0.411. The summed E-state index contributed by atoms with van der Waals surface area (Å²) in [4.78, 5) is 24.2. The molecule has 144 valence electrons. The van der Waals surface area contributed by atoms with E-state index >= 15 is 0 Å². The molecular formula is C19H16BrN3O4S. The Morgan fingerprint density at radius 1 is 1.14 bits per heavy atom. The smallest absolute Gasteiger partial charge is 0.340 e. The molecule has 3 aromatic rings. The van der Waals surface area contributed by atoms with Crippen LogP contribution in [0.5, 0.6) is 0 Å².